The van der Waals surface area contributed by atoms with Crippen LogP contribution in [0.3, 0.4) is 0 Å². The van der Waals surface area contributed by atoms with Crippen LogP contribution in [-0.4, -0.2) is 5.91 Å². The van der Waals surface area contributed by atoms with Crippen molar-refractivity contribution >= 4 is 17.3 Å². The maximum absolute atomic E-state index is 12.3. The number of hydrogen-bond donors (Lipinski definition) is 2. The van der Waals surface area contributed by atoms with E-state index < -0.39 is 0 Å². The number of carbonyl (C=O) groups excluding carboxylic acids is 1. The molecule has 0 aliphatic rings. The molecule has 0 unspecified atom stereocenters. The van der Waals surface area contributed by atoms with Crippen LogP contribution in [0.2, 0.25) is 0 Å². The number of para-hydroxylation sites is 1. The zero-order chi connectivity index (χ0) is 14.7. The molecule has 2 aromatic rings. The molecule has 2 rings (SSSR count). The van der Waals surface area contributed by atoms with E-state index in [4.69, 9.17) is 5.73 Å². The summed E-state index contributed by atoms with van der Waals surface area (Å²) < 4.78 is 0. The molecule has 0 fully saturated rings. The predicted octanol–water partition coefficient (Wildman–Crippen LogP) is 3.95. The summed E-state index contributed by atoms with van der Waals surface area (Å²) in [6.45, 7) is 6.14. The van der Waals surface area contributed by atoms with E-state index in [-0.39, 0.29) is 5.91 Å². The molecule has 0 atom stereocenters. The first kappa shape index (κ1) is 14.1. The van der Waals surface area contributed by atoms with E-state index >= 15 is 0 Å². The maximum Gasteiger partial charge on any atom is 0.257 e. The lowest BCUT2D eigenvalue weighted by molar-refractivity contribution is 0.102. The molecule has 0 radical (unpaired) electrons. The average molecular weight is 268 g/mol. The van der Waals surface area contributed by atoms with Gasteiger partial charge >= 0.3 is 0 Å². The molecule has 104 valence electrons. The van der Waals surface area contributed by atoms with Gasteiger partial charge in [-0.1, -0.05) is 38.1 Å². The summed E-state index contributed by atoms with van der Waals surface area (Å²) in [5.74, 6) is 0.253. The van der Waals surface area contributed by atoms with Gasteiger partial charge in [-0.2, -0.15) is 0 Å². The number of nitrogen functional groups attached to an aromatic ring is 1. The minimum absolute atomic E-state index is 0.174. The number of amides is 1. The fourth-order valence-corrected chi connectivity index (χ4v) is 2.05. The predicted molar refractivity (Wildman–Crippen MR) is 84.1 cm³/mol. The van der Waals surface area contributed by atoms with Gasteiger partial charge in [0.15, 0.2) is 0 Å². The summed E-state index contributed by atoms with van der Waals surface area (Å²) in [5.41, 5.74) is 9.90. The molecule has 20 heavy (non-hydrogen) atoms. The van der Waals surface area contributed by atoms with Gasteiger partial charge in [-0.05, 0) is 42.2 Å². The summed E-state index contributed by atoms with van der Waals surface area (Å²) in [6, 6.07) is 13.4. The monoisotopic (exact) mass is 268 g/mol. The molecule has 0 aromatic heterocycles. The van der Waals surface area contributed by atoms with E-state index in [0.29, 0.717) is 17.2 Å². The zero-order valence-electron chi connectivity index (χ0n) is 12.1. The van der Waals surface area contributed by atoms with Gasteiger partial charge in [-0.15, -0.1) is 0 Å². The van der Waals surface area contributed by atoms with Crippen molar-refractivity contribution in [2.75, 3.05) is 11.1 Å². The summed E-state index contributed by atoms with van der Waals surface area (Å²) in [6.07, 6.45) is 0. The van der Waals surface area contributed by atoms with E-state index in [1.54, 1.807) is 6.07 Å². The third-order valence-electron chi connectivity index (χ3n) is 3.38. The van der Waals surface area contributed by atoms with Crippen molar-refractivity contribution in [3.05, 3.63) is 59.2 Å². The number of aryl methyl sites for hydroxylation is 1. The van der Waals surface area contributed by atoms with E-state index in [9.17, 15) is 4.79 Å². The standard InChI is InChI=1S/C17H20N2O/c1-11(2)13-7-5-8-14(10-13)19-17(20)15-9-4-6-12(3)16(15)18/h4-11H,18H2,1-3H3,(H,19,20). The Balaban J connectivity index is 2.24. The molecule has 0 spiro atoms. The van der Waals surface area contributed by atoms with Crippen molar-refractivity contribution in [2.45, 2.75) is 26.7 Å². The molecule has 0 saturated carbocycles. The molecule has 0 aliphatic carbocycles. The highest BCUT2D eigenvalue weighted by Crippen LogP contribution is 2.21. The first-order valence-electron chi connectivity index (χ1n) is 6.75. The Labute approximate surface area is 119 Å². The number of nitrogens with two attached hydrogens (primary N) is 1. The van der Waals surface area contributed by atoms with E-state index in [1.165, 1.54) is 5.56 Å². The Morgan fingerprint density at radius 2 is 1.85 bits per heavy atom. The van der Waals surface area contributed by atoms with Crippen molar-refractivity contribution in [3.63, 3.8) is 0 Å². The average Bonchev–Trinajstić information content (AvgIpc) is 2.42. The second kappa shape index (κ2) is 5.78. The molecule has 0 bridgehead atoms. The number of nitrogens with one attached hydrogen (secondary N) is 1. The molecule has 3 N–H and O–H groups in total. The maximum atomic E-state index is 12.3. The highest BCUT2D eigenvalue weighted by atomic mass is 16.1. The van der Waals surface area contributed by atoms with Gasteiger partial charge in [-0.25, -0.2) is 0 Å². The number of anilines is 2. The lowest BCUT2D eigenvalue weighted by atomic mass is 10.0. The van der Waals surface area contributed by atoms with Crippen molar-refractivity contribution in [1.82, 2.24) is 0 Å². The third-order valence-corrected chi connectivity index (χ3v) is 3.38. The van der Waals surface area contributed by atoms with Gasteiger partial charge in [0.05, 0.1) is 5.56 Å². The van der Waals surface area contributed by atoms with Crippen LogP contribution in [0.5, 0.6) is 0 Å². The van der Waals surface area contributed by atoms with Gasteiger partial charge in [0.1, 0.15) is 0 Å². The molecule has 3 heteroatoms. The van der Waals surface area contributed by atoms with Crippen LogP contribution in [0.25, 0.3) is 0 Å². The van der Waals surface area contributed by atoms with Gasteiger partial charge in [0, 0.05) is 11.4 Å². The molecule has 0 heterocycles. The fraction of sp³-hybridized carbons (Fsp3) is 0.235. The summed E-state index contributed by atoms with van der Waals surface area (Å²) in [4.78, 5) is 12.3. The van der Waals surface area contributed by atoms with Crippen molar-refractivity contribution in [1.29, 1.82) is 0 Å². The first-order chi connectivity index (χ1) is 9.49. The minimum atomic E-state index is -0.174. The highest BCUT2D eigenvalue weighted by molar-refractivity contribution is 6.08. The van der Waals surface area contributed by atoms with Crippen molar-refractivity contribution < 1.29 is 4.79 Å². The lowest BCUT2D eigenvalue weighted by Crippen LogP contribution is -2.14. The van der Waals surface area contributed by atoms with Gasteiger partial charge < -0.3 is 11.1 Å². The number of benzene rings is 2. The van der Waals surface area contributed by atoms with E-state index in [2.05, 4.69) is 25.2 Å². The molecular formula is C17H20N2O. The van der Waals surface area contributed by atoms with Gasteiger partial charge in [-0.3, -0.25) is 4.79 Å². The Bertz CT molecular complexity index is 633. The largest absolute Gasteiger partial charge is 0.398 e. The van der Waals surface area contributed by atoms with Crippen molar-refractivity contribution in [3.8, 4) is 0 Å². The quantitative estimate of drug-likeness (QED) is 0.828. The number of hydrogen-bond acceptors (Lipinski definition) is 2. The van der Waals surface area contributed by atoms with Crippen LogP contribution in [0.15, 0.2) is 42.5 Å². The van der Waals surface area contributed by atoms with Crippen LogP contribution < -0.4 is 11.1 Å². The van der Waals surface area contributed by atoms with Gasteiger partial charge in [0.25, 0.3) is 5.91 Å². The normalized spacial score (nSPS) is 10.6. The minimum Gasteiger partial charge on any atom is -0.398 e. The Kier molecular flexibility index (Phi) is 4.08. The Morgan fingerprint density at radius 1 is 1.15 bits per heavy atom. The Hall–Kier alpha value is -2.29. The Morgan fingerprint density at radius 3 is 2.55 bits per heavy atom. The first-order valence-corrected chi connectivity index (χ1v) is 6.75. The van der Waals surface area contributed by atoms with Crippen LogP contribution >= 0.6 is 0 Å². The summed E-state index contributed by atoms with van der Waals surface area (Å²) in [5, 5.41) is 2.90. The highest BCUT2D eigenvalue weighted by Gasteiger charge is 2.11. The van der Waals surface area contributed by atoms with Gasteiger partial charge in [0.2, 0.25) is 0 Å². The number of rotatable bonds is 3. The van der Waals surface area contributed by atoms with Crippen LogP contribution in [0.4, 0.5) is 11.4 Å². The van der Waals surface area contributed by atoms with Crippen LogP contribution in [0.1, 0.15) is 41.3 Å². The van der Waals surface area contributed by atoms with Crippen molar-refractivity contribution in [2.24, 2.45) is 0 Å². The van der Waals surface area contributed by atoms with E-state index in [1.807, 2.05) is 37.3 Å². The molecule has 0 saturated heterocycles. The SMILES string of the molecule is Cc1cccc(C(=O)Nc2cccc(C(C)C)c2)c1N. The third kappa shape index (κ3) is 2.99. The molecular weight excluding hydrogens is 248 g/mol. The van der Waals surface area contributed by atoms with Crippen LogP contribution in [-0.2, 0) is 0 Å². The molecule has 1 amide bonds. The lowest BCUT2D eigenvalue weighted by Gasteiger charge is -2.11. The zero-order valence-corrected chi connectivity index (χ0v) is 12.1. The second-order valence-electron chi connectivity index (χ2n) is 5.27. The summed E-state index contributed by atoms with van der Waals surface area (Å²) in [7, 11) is 0. The topological polar surface area (TPSA) is 55.1 Å². The molecule has 2 aromatic carbocycles. The number of carbonyl (C=O) groups is 1. The molecule has 3 nitrogen and oxygen atoms in total. The fourth-order valence-electron chi connectivity index (χ4n) is 2.05. The summed E-state index contributed by atoms with van der Waals surface area (Å²) >= 11 is 0. The van der Waals surface area contributed by atoms with E-state index in [0.717, 1.165) is 11.3 Å². The molecule has 0 aliphatic heterocycles. The smallest absolute Gasteiger partial charge is 0.257 e. The van der Waals surface area contributed by atoms with Crippen LogP contribution in [0, 0.1) is 6.92 Å². The second-order valence-corrected chi connectivity index (χ2v) is 5.27.